The molecule has 7 nitrogen and oxygen atoms in total. The third-order valence-electron chi connectivity index (χ3n) is 3.59. The summed E-state index contributed by atoms with van der Waals surface area (Å²) in [5.41, 5.74) is 1.47. The molecule has 0 atom stereocenters. The fraction of sp³-hybridized carbons (Fsp3) is 0.158. The molecule has 0 saturated heterocycles. The van der Waals surface area contributed by atoms with E-state index in [0.29, 0.717) is 16.5 Å². The number of nitrogens with zero attached hydrogens (tertiary/aromatic N) is 2. The number of thioether (sulfide) groups is 1. The number of aromatic nitrogens is 3. The lowest BCUT2D eigenvalue weighted by Gasteiger charge is -2.06. The van der Waals surface area contributed by atoms with Crippen molar-refractivity contribution in [3.05, 3.63) is 71.5 Å². The molecule has 2 aromatic carbocycles. The molecule has 0 saturated carbocycles. The Morgan fingerprint density at radius 2 is 1.85 bits per heavy atom. The number of ether oxygens (including phenoxy) is 1. The summed E-state index contributed by atoms with van der Waals surface area (Å²) in [6, 6.07) is 16.3. The zero-order valence-electron chi connectivity index (χ0n) is 14.6. The van der Waals surface area contributed by atoms with Gasteiger partial charge in [-0.1, -0.05) is 48.2 Å². The van der Waals surface area contributed by atoms with Crippen LogP contribution in [0, 0.1) is 6.92 Å². The van der Waals surface area contributed by atoms with Crippen LogP contribution in [0.3, 0.4) is 0 Å². The number of para-hydroxylation sites is 1. The molecular formula is C19H18N4O3S. The van der Waals surface area contributed by atoms with Crippen molar-refractivity contribution in [2.45, 2.75) is 18.7 Å². The third kappa shape index (κ3) is 5.42. The number of hydrogen-bond donors (Lipinski definition) is 2. The standard InChI is InChI=1S/C19H18N4O3S/c1-13-7-5-6-10-15(13)26-11-16-20-19(23-22-16)27-12-17(24)21-18(25)14-8-3-2-4-9-14/h2-10H,11-12H2,1H3,(H,20,22,23)(H,21,24,25). The van der Waals surface area contributed by atoms with Gasteiger partial charge in [-0.25, -0.2) is 4.98 Å². The first-order valence-electron chi connectivity index (χ1n) is 8.23. The molecule has 0 radical (unpaired) electrons. The first kappa shape index (κ1) is 18.7. The predicted molar refractivity (Wildman–Crippen MR) is 102 cm³/mol. The topological polar surface area (TPSA) is 97.0 Å². The van der Waals surface area contributed by atoms with Crippen molar-refractivity contribution in [3.8, 4) is 5.75 Å². The van der Waals surface area contributed by atoms with E-state index in [-0.39, 0.29) is 12.4 Å². The number of amides is 2. The molecule has 0 aliphatic rings. The summed E-state index contributed by atoms with van der Waals surface area (Å²) >= 11 is 1.14. The Hall–Kier alpha value is -3.13. The monoisotopic (exact) mass is 382 g/mol. The molecule has 0 bridgehead atoms. The Morgan fingerprint density at radius 1 is 1.11 bits per heavy atom. The minimum atomic E-state index is -0.427. The van der Waals surface area contributed by atoms with Crippen LogP contribution in [0.1, 0.15) is 21.7 Å². The van der Waals surface area contributed by atoms with Gasteiger partial charge in [0.15, 0.2) is 5.82 Å². The maximum absolute atomic E-state index is 11.9. The summed E-state index contributed by atoms with van der Waals surface area (Å²) in [4.78, 5) is 28.1. The second-order valence-corrected chi connectivity index (χ2v) is 6.59. The largest absolute Gasteiger partial charge is 0.485 e. The molecule has 8 heteroatoms. The van der Waals surface area contributed by atoms with Crippen molar-refractivity contribution >= 4 is 23.6 Å². The van der Waals surface area contributed by atoms with Crippen LogP contribution in [0.4, 0.5) is 0 Å². The van der Waals surface area contributed by atoms with Gasteiger partial charge in [-0.15, -0.1) is 5.10 Å². The van der Waals surface area contributed by atoms with Crippen LogP contribution < -0.4 is 10.1 Å². The highest BCUT2D eigenvalue weighted by atomic mass is 32.2. The van der Waals surface area contributed by atoms with Gasteiger partial charge in [0.2, 0.25) is 11.1 Å². The van der Waals surface area contributed by atoms with E-state index in [1.807, 2.05) is 31.2 Å². The van der Waals surface area contributed by atoms with Crippen molar-refractivity contribution in [2.75, 3.05) is 5.75 Å². The third-order valence-corrected chi connectivity index (χ3v) is 4.44. The first-order valence-corrected chi connectivity index (χ1v) is 9.22. The lowest BCUT2D eigenvalue weighted by Crippen LogP contribution is -2.31. The second kappa shape index (κ2) is 9.00. The number of hydrogen-bond acceptors (Lipinski definition) is 6. The zero-order chi connectivity index (χ0) is 19.1. The Bertz CT molecular complexity index is 927. The Morgan fingerprint density at radius 3 is 2.63 bits per heavy atom. The van der Waals surface area contributed by atoms with Gasteiger partial charge in [-0.05, 0) is 30.7 Å². The fourth-order valence-corrected chi connectivity index (χ4v) is 2.84. The lowest BCUT2D eigenvalue weighted by molar-refractivity contribution is -0.117. The van der Waals surface area contributed by atoms with Crippen LogP contribution in [0.2, 0.25) is 0 Å². The summed E-state index contributed by atoms with van der Waals surface area (Å²) in [7, 11) is 0. The van der Waals surface area contributed by atoms with Gasteiger partial charge in [0.1, 0.15) is 12.4 Å². The van der Waals surface area contributed by atoms with Crippen molar-refractivity contribution in [1.82, 2.24) is 20.5 Å². The molecule has 2 amide bonds. The van der Waals surface area contributed by atoms with E-state index in [1.165, 1.54) is 0 Å². The molecule has 0 unspecified atom stereocenters. The zero-order valence-corrected chi connectivity index (χ0v) is 15.5. The van der Waals surface area contributed by atoms with Gasteiger partial charge in [0.25, 0.3) is 5.91 Å². The lowest BCUT2D eigenvalue weighted by atomic mass is 10.2. The predicted octanol–water partition coefficient (Wildman–Crippen LogP) is 2.74. The van der Waals surface area contributed by atoms with Crippen LogP contribution >= 0.6 is 11.8 Å². The maximum atomic E-state index is 11.9. The molecule has 0 aliphatic heterocycles. The molecule has 0 spiro atoms. The molecular weight excluding hydrogens is 364 g/mol. The van der Waals surface area contributed by atoms with Gasteiger partial charge < -0.3 is 4.74 Å². The van der Waals surface area contributed by atoms with Gasteiger partial charge in [-0.3, -0.25) is 20.0 Å². The average molecular weight is 382 g/mol. The smallest absolute Gasteiger partial charge is 0.257 e. The number of nitrogens with one attached hydrogen (secondary N) is 2. The van der Waals surface area contributed by atoms with Crippen molar-refractivity contribution < 1.29 is 14.3 Å². The van der Waals surface area contributed by atoms with Gasteiger partial charge in [0, 0.05) is 5.56 Å². The number of imide groups is 1. The summed E-state index contributed by atoms with van der Waals surface area (Å²) in [6.45, 7) is 2.21. The van der Waals surface area contributed by atoms with E-state index in [9.17, 15) is 9.59 Å². The summed E-state index contributed by atoms with van der Waals surface area (Å²) < 4.78 is 5.70. The number of aryl methyl sites for hydroxylation is 1. The minimum absolute atomic E-state index is 0.0362. The van der Waals surface area contributed by atoms with Crippen LogP contribution in [0.15, 0.2) is 59.8 Å². The summed E-state index contributed by atoms with van der Waals surface area (Å²) in [6.07, 6.45) is 0. The van der Waals surface area contributed by atoms with Crippen molar-refractivity contribution in [3.63, 3.8) is 0 Å². The molecule has 1 aromatic heterocycles. The number of H-pyrrole nitrogens is 1. The highest BCUT2D eigenvalue weighted by Gasteiger charge is 2.12. The molecule has 27 heavy (non-hydrogen) atoms. The number of rotatable bonds is 7. The van der Waals surface area contributed by atoms with Crippen molar-refractivity contribution in [1.29, 1.82) is 0 Å². The van der Waals surface area contributed by atoms with Gasteiger partial charge in [-0.2, -0.15) is 0 Å². The first-order chi connectivity index (χ1) is 13.1. The van der Waals surface area contributed by atoms with E-state index in [1.54, 1.807) is 30.3 Å². The normalized spacial score (nSPS) is 10.4. The quantitative estimate of drug-likeness (QED) is 0.610. The summed E-state index contributed by atoms with van der Waals surface area (Å²) in [5.74, 6) is 0.539. The van der Waals surface area contributed by atoms with E-state index in [4.69, 9.17) is 4.74 Å². The molecule has 138 valence electrons. The number of carbonyl (C=O) groups is 2. The van der Waals surface area contributed by atoms with Crippen LogP contribution in [0.25, 0.3) is 0 Å². The molecule has 3 rings (SSSR count). The molecule has 3 aromatic rings. The molecule has 1 heterocycles. The summed E-state index contributed by atoms with van der Waals surface area (Å²) in [5, 5.41) is 9.58. The van der Waals surface area contributed by atoms with Crippen molar-refractivity contribution in [2.24, 2.45) is 0 Å². The molecule has 0 fully saturated rings. The Kier molecular flexibility index (Phi) is 6.22. The highest BCUT2D eigenvalue weighted by molar-refractivity contribution is 7.99. The Balaban J connectivity index is 1.46. The van der Waals surface area contributed by atoms with E-state index >= 15 is 0 Å². The van der Waals surface area contributed by atoms with E-state index in [2.05, 4.69) is 20.5 Å². The highest BCUT2D eigenvalue weighted by Crippen LogP contribution is 2.18. The number of aromatic amines is 1. The van der Waals surface area contributed by atoms with Gasteiger partial charge >= 0.3 is 0 Å². The second-order valence-electron chi connectivity index (χ2n) is 5.65. The minimum Gasteiger partial charge on any atom is -0.485 e. The van der Waals surface area contributed by atoms with Crippen LogP contribution in [-0.2, 0) is 11.4 Å². The Labute approximate surface area is 160 Å². The average Bonchev–Trinajstić information content (AvgIpc) is 3.14. The van der Waals surface area contributed by atoms with E-state index in [0.717, 1.165) is 23.1 Å². The SMILES string of the molecule is Cc1ccccc1OCc1nc(SCC(=O)NC(=O)c2ccccc2)n[nH]1. The van der Waals surface area contributed by atoms with Gasteiger partial charge in [0.05, 0.1) is 5.75 Å². The van der Waals surface area contributed by atoms with Crippen LogP contribution in [-0.4, -0.2) is 32.7 Å². The van der Waals surface area contributed by atoms with Crippen LogP contribution in [0.5, 0.6) is 5.75 Å². The fourth-order valence-electron chi connectivity index (χ4n) is 2.23. The molecule has 2 N–H and O–H groups in total. The van der Waals surface area contributed by atoms with E-state index < -0.39 is 11.8 Å². The number of carbonyl (C=O) groups excluding carboxylic acids is 2. The maximum Gasteiger partial charge on any atom is 0.257 e. The number of benzene rings is 2. The molecule has 0 aliphatic carbocycles.